The SMILES string of the molecule is CCNc1cnccc1C(=O)Nc1cc(F)ccc1Br. The van der Waals surface area contributed by atoms with Crippen LogP contribution in [0.3, 0.4) is 0 Å². The number of amides is 1. The zero-order valence-corrected chi connectivity index (χ0v) is 12.4. The minimum absolute atomic E-state index is 0.324. The number of carbonyl (C=O) groups is 1. The quantitative estimate of drug-likeness (QED) is 0.894. The van der Waals surface area contributed by atoms with Crippen molar-refractivity contribution in [2.24, 2.45) is 0 Å². The van der Waals surface area contributed by atoms with Crippen molar-refractivity contribution < 1.29 is 9.18 Å². The standard InChI is InChI=1S/C14H13BrFN3O/c1-2-18-13-8-17-6-5-10(13)14(20)19-12-7-9(16)3-4-11(12)15/h3-8,18H,2H2,1H3,(H,19,20). The molecule has 0 aliphatic carbocycles. The van der Waals surface area contributed by atoms with E-state index >= 15 is 0 Å². The van der Waals surface area contributed by atoms with E-state index in [1.54, 1.807) is 18.3 Å². The molecular weight excluding hydrogens is 325 g/mol. The maximum atomic E-state index is 13.2. The summed E-state index contributed by atoms with van der Waals surface area (Å²) in [5.74, 6) is -0.736. The van der Waals surface area contributed by atoms with Crippen molar-refractivity contribution in [2.75, 3.05) is 17.2 Å². The van der Waals surface area contributed by atoms with Crippen molar-refractivity contribution in [3.63, 3.8) is 0 Å². The molecule has 0 atom stereocenters. The van der Waals surface area contributed by atoms with Crippen LogP contribution in [-0.2, 0) is 0 Å². The predicted octanol–water partition coefficient (Wildman–Crippen LogP) is 3.67. The van der Waals surface area contributed by atoms with Gasteiger partial charge in [-0.05, 0) is 47.1 Å². The van der Waals surface area contributed by atoms with Gasteiger partial charge in [0.2, 0.25) is 0 Å². The molecule has 0 bridgehead atoms. The summed E-state index contributed by atoms with van der Waals surface area (Å²) in [6.07, 6.45) is 3.12. The second kappa shape index (κ2) is 6.47. The zero-order chi connectivity index (χ0) is 14.5. The lowest BCUT2D eigenvalue weighted by molar-refractivity contribution is 0.102. The molecule has 0 spiro atoms. The lowest BCUT2D eigenvalue weighted by Crippen LogP contribution is -2.15. The van der Waals surface area contributed by atoms with Crippen LogP contribution < -0.4 is 10.6 Å². The van der Waals surface area contributed by atoms with E-state index in [-0.39, 0.29) is 5.91 Å². The molecule has 6 heteroatoms. The van der Waals surface area contributed by atoms with E-state index in [1.807, 2.05) is 6.92 Å². The van der Waals surface area contributed by atoms with Gasteiger partial charge < -0.3 is 10.6 Å². The summed E-state index contributed by atoms with van der Waals surface area (Å²) in [5.41, 5.74) is 1.48. The number of carbonyl (C=O) groups excluding carboxylic acids is 1. The second-order valence-corrected chi connectivity index (χ2v) is 4.88. The lowest BCUT2D eigenvalue weighted by Gasteiger charge is -2.11. The Bertz CT molecular complexity index is 634. The van der Waals surface area contributed by atoms with Crippen molar-refractivity contribution in [3.8, 4) is 0 Å². The van der Waals surface area contributed by atoms with Crippen LogP contribution in [0.1, 0.15) is 17.3 Å². The fourth-order valence-electron chi connectivity index (χ4n) is 1.71. The fraction of sp³-hybridized carbons (Fsp3) is 0.143. The third-order valence-corrected chi connectivity index (χ3v) is 3.30. The minimum Gasteiger partial charge on any atom is -0.383 e. The minimum atomic E-state index is -0.412. The highest BCUT2D eigenvalue weighted by Crippen LogP contribution is 2.24. The molecule has 2 rings (SSSR count). The first-order valence-electron chi connectivity index (χ1n) is 6.06. The summed E-state index contributed by atoms with van der Waals surface area (Å²) in [6.45, 7) is 2.60. The third kappa shape index (κ3) is 3.33. The molecule has 0 radical (unpaired) electrons. The Hall–Kier alpha value is -1.95. The number of hydrogen-bond donors (Lipinski definition) is 2. The molecule has 1 aromatic heterocycles. The molecule has 20 heavy (non-hydrogen) atoms. The summed E-state index contributed by atoms with van der Waals surface area (Å²) < 4.78 is 13.8. The van der Waals surface area contributed by atoms with E-state index in [4.69, 9.17) is 0 Å². The number of pyridine rings is 1. The highest BCUT2D eigenvalue weighted by Gasteiger charge is 2.13. The summed E-state index contributed by atoms with van der Waals surface area (Å²) >= 11 is 3.27. The first kappa shape index (κ1) is 14.5. The van der Waals surface area contributed by atoms with Crippen molar-refractivity contribution in [1.82, 2.24) is 4.98 Å². The molecule has 2 N–H and O–H groups in total. The number of nitrogens with zero attached hydrogens (tertiary/aromatic N) is 1. The van der Waals surface area contributed by atoms with Crippen molar-refractivity contribution in [1.29, 1.82) is 0 Å². The Morgan fingerprint density at radius 2 is 2.15 bits per heavy atom. The largest absolute Gasteiger partial charge is 0.383 e. The van der Waals surface area contributed by atoms with Crippen LogP contribution in [0.25, 0.3) is 0 Å². The normalized spacial score (nSPS) is 10.2. The molecule has 0 unspecified atom stereocenters. The van der Waals surface area contributed by atoms with E-state index in [9.17, 15) is 9.18 Å². The van der Waals surface area contributed by atoms with Crippen LogP contribution >= 0.6 is 15.9 Å². The molecule has 1 aromatic carbocycles. The number of hydrogen-bond acceptors (Lipinski definition) is 3. The zero-order valence-electron chi connectivity index (χ0n) is 10.8. The van der Waals surface area contributed by atoms with Crippen molar-refractivity contribution >= 4 is 33.2 Å². The third-order valence-electron chi connectivity index (χ3n) is 2.61. The van der Waals surface area contributed by atoms with Crippen LogP contribution in [0.15, 0.2) is 41.1 Å². The molecule has 0 fully saturated rings. The van der Waals surface area contributed by atoms with Gasteiger partial charge in [-0.15, -0.1) is 0 Å². The van der Waals surface area contributed by atoms with Crippen molar-refractivity contribution in [3.05, 3.63) is 52.5 Å². The Balaban J connectivity index is 2.26. The smallest absolute Gasteiger partial charge is 0.257 e. The van der Waals surface area contributed by atoms with Gasteiger partial charge in [-0.25, -0.2) is 4.39 Å². The number of nitrogens with one attached hydrogen (secondary N) is 2. The van der Waals surface area contributed by atoms with Crippen LogP contribution in [-0.4, -0.2) is 17.4 Å². The first-order chi connectivity index (χ1) is 9.61. The lowest BCUT2D eigenvalue weighted by atomic mass is 10.2. The molecule has 0 aliphatic rings. The molecule has 1 heterocycles. The monoisotopic (exact) mass is 337 g/mol. The molecule has 0 saturated heterocycles. The summed E-state index contributed by atoms with van der Waals surface area (Å²) in [7, 11) is 0. The number of rotatable bonds is 4. The molecule has 0 aliphatic heterocycles. The molecule has 2 aromatic rings. The van der Waals surface area contributed by atoms with Gasteiger partial charge in [0, 0.05) is 17.2 Å². The topological polar surface area (TPSA) is 54.0 Å². The van der Waals surface area contributed by atoms with Crippen LogP contribution in [0.5, 0.6) is 0 Å². The Labute approximate surface area is 124 Å². The molecule has 4 nitrogen and oxygen atoms in total. The van der Waals surface area contributed by atoms with E-state index in [0.29, 0.717) is 28.0 Å². The fourth-order valence-corrected chi connectivity index (χ4v) is 2.05. The van der Waals surface area contributed by atoms with Gasteiger partial charge in [0.1, 0.15) is 5.82 Å². The highest BCUT2D eigenvalue weighted by molar-refractivity contribution is 9.10. The Morgan fingerprint density at radius 3 is 2.90 bits per heavy atom. The first-order valence-corrected chi connectivity index (χ1v) is 6.85. The van der Waals surface area contributed by atoms with Gasteiger partial charge in [0.15, 0.2) is 0 Å². The average molecular weight is 338 g/mol. The Morgan fingerprint density at radius 1 is 1.35 bits per heavy atom. The number of aromatic nitrogens is 1. The second-order valence-electron chi connectivity index (χ2n) is 4.03. The molecule has 0 saturated carbocycles. The summed E-state index contributed by atoms with van der Waals surface area (Å²) in [5, 5.41) is 5.73. The summed E-state index contributed by atoms with van der Waals surface area (Å²) in [6, 6.07) is 5.73. The van der Waals surface area contributed by atoms with Gasteiger partial charge in [0.05, 0.1) is 23.1 Å². The van der Waals surface area contributed by atoms with Crippen molar-refractivity contribution in [2.45, 2.75) is 6.92 Å². The Kier molecular flexibility index (Phi) is 4.68. The van der Waals surface area contributed by atoms with Gasteiger partial charge >= 0.3 is 0 Å². The number of anilines is 2. The van der Waals surface area contributed by atoms with E-state index in [0.717, 1.165) is 0 Å². The average Bonchev–Trinajstić information content (AvgIpc) is 2.44. The van der Waals surface area contributed by atoms with Gasteiger partial charge in [-0.2, -0.15) is 0 Å². The van der Waals surface area contributed by atoms with E-state index in [1.165, 1.54) is 18.3 Å². The van der Waals surface area contributed by atoms with E-state index < -0.39 is 5.82 Å². The van der Waals surface area contributed by atoms with Crippen LogP contribution in [0, 0.1) is 5.82 Å². The van der Waals surface area contributed by atoms with Gasteiger partial charge in [-0.1, -0.05) is 0 Å². The molecule has 104 valence electrons. The number of halogens is 2. The molecular formula is C14H13BrFN3O. The van der Waals surface area contributed by atoms with Crippen LogP contribution in [0.2, 0.25) is 0 Å². The predicted molar refractivity (Wildman–Crippen MR) is 80.5 cm³/mol. The van der Waals surface area contributed by atoms with E-state index in [2.05, 4.69) is 31.5 Å². The van der Waals surface area contributed by atoms with Gasteiger partial charge in [-0.3, -0.25) is 9.78 Å². The maximum absolute atomic E-state index is 13.2. The van der Waals surface area contributed by atoms with Gasteiger partial charge in [0.25, 0.3) is 5.91 Å². The maximum Gasteiger partial charge on any atom is 0.257 e. The highest BCUT2D eigenvalue weighted by atomic mass is 79.9. The molecule has 1 amide bonds. The summed E-state index contributed by atoms with van der Waals surface area (Å²) in [4.78, 5) is 16.2. The van der Waals surface area contributed by atoms with Crippen LogP contribution in [0.4, 0.5) is 15.8 Å². The number of benzene rings is 1.